The number of imide groups is 1. The Balaban J connectivity index is 1.68. The zero-order valence-electron chi connectivity index (χ0n) is 18.5. The smallest absolute Gasteiger partial charge is 0.259 e. The highest BCUT2D eigenvalue weighted by Crippen LogP contribution is 2.54. The molecular weight excluding hydrogens is 390 g/mol. The molecule has 0 N–H and O–H groups in total. The van der Waals surface area contributed by atoms with Crippen LogP contribution < -0.4 is 4.90 Å². The number of hydrogen-bond donors (Lipinski definition) is 0. The van der Waals surface area contributed by atoms with Gasteiger partial charge in [-0.05, 0) is 51.3 Å². The summed E-state index contributed by atoms with van der Waals surface area (Å²) in [4.78, 5) is 42.0. The fourth-order valence-corrected chi connectivity index (χ4v) is 5.63. The van der Waals surface area contributed by atoms with Gasteiger partial charge < -0.3 is 0 Å². The van der Waals surface area contributed by atoms with Crippen molar-refractivity contribution < 1.29 is 14.4 Å². The Kier molecular flexibility index (Phi) is 4.18. The van der Waals surface area contributed by atoms with Crippen molar-refractivity contribution >= 4 is 23.4 Å². The van der Waals surface area contributed by atoms with Crippen molar-refractivity contribution in [2.75, 3.05) is 4.90 Å². The molecule has 3 heterocycles. The van der Waals surface area contributed by atoms with Crippen LogP contribution in [0.5, 0.6) is 0 Å². The van der Waals surface area contributed by atoms with Crippen molar-refractivity contribution in [1.29, 1.82) is 0 Å². The monoisotopic (exact) mass is 417 g/mol. The fraction of sp³-hybridized carbons (Fsp3) is 0.400. The molecule has 31 heavy (non-hydrogen) atoms. The van der Waals surface area contributed by atoms with Gasteiger partial charge in [0.1, 0.15) is 6.04 Å². The normalized spacial score (nSPS) is 27.3. The zero-order valence-corrected chi connectivity index (χ0v) is 18.5. The Morgan fingerprint density at radius 1 is 0.839 bits per heavy atom. The van der Waals surface area contributed by atoms with E-state index in [9.17, 15) is 14.4 Å². The standard InChI is InChI=1S/C25H27N3O3/c1-14-9-11-17(12-10-14)21-19-22(27-18(29)13-25(4,5)28(21)27)24(31)26(23(19)30)20-15(2)7-6-8-16(20)3/h6-12,19,21-22H,13H2,1-5H3/t19-,21+,22+/m0/s1. The van der Waals surface area contributed by atoms with Gasteiger partial charge in [-0.2, -0.15) is 0 Å². The molecule has 6 nitrogen and oxygen atoms in total. The van der Waals surface area contributed by atoms with E-state index in [0.29, 0.717) is 12.1 Å². The maximum Gasteiger partial charge on any atom is 0.259 e. The Bertz CT molecular complexity index is 1100. The molecule has 0 saturated carbocycles. The highest BCUT2D eigenvalue weighted by atomic mass is 16.2. The predicted molar refractivity (Wildman–Crippen MR) is 117 cm³/mol. The van der Waals surface area contributed by atoms with Gasteiger partial charge in [0.15, 0.2) is 0 Å². The summed E-state index contributed by atoms with van der Waals surface area (Å²) in [5.41, 5.74) is 4.00. The van der Waals surface area contributed by atoms with Crippen molar-refractivity contribution in [1.82, 2.24) is 10.0 Å². The van der Waals surface area contributed by atoms with Crippen LogP contribution >= 0.6 is 0 Å². The maximum atomic E-state index is 13.8. The van der Waals surface area contributed by atoms with Gasteiger partial charge in [-0.3, -0.25) is 19.4 Å². The minimum Gasteiger partial charge on any atom is -0.274 e. The van der Waals surface area contributed by atoms with E-state index in [1.165, 1.54) is 4.90 Å². The molecule has 5 rings (SSSR count). The molecule has 3 atom stereocenters. The lowest BCUT2D eigenvalue weighted by Crippen LogP contribution is -2.50. The van der Waals surface area contributed by atoms with Crippen molar-refractivity contribution in [3.05, 3.63) is 64.7 Å². The van der Waals surface area contributed by atoms with Gasteiger partial charge in [-0.1, -0.05) is 48.0 Å². The summed E-state index contributed by atoms with van der Waals surface area (Å²) in [6, 6.07) is 12.6. The second-order valence-electron chi connectivity index (χ2n) is 9.65. The first kappa shape index (κ1) is 19.9. The number of rotatable bonds is 2. The fourth-order valence-electron chi connectivity index (χ4n) is 5.63. The number of hydrogen-bond acceptors (Lipinski definition) is 4. The van der Waals surface area contributed by atoms with Gasteiger partial charge in [0, 0.05) is 12.0 Å². The number of anilines is 1. The number of carbonyl (C=O) groups is 3. The molecule has 3 fully saturated rings. The Labute approximate surface area is 182 Å². The molecule has 3 aliphatic heterocycles. The van der Waals surface area contributed by atoms with Crippen molar-refractivity contribution in [3.63, 3.8) is 0 Å². The lowest BCUT2D eigenvalue weighted by atomic mass is 9.86. The molecule has 3 amide bonds. The summed E-state index contributed by atoms with van der Waals surface area (Å²) in [6.45, 7) is 9.84. The minimum atomic E-state index is -0.799. The quantitative estimate of drug-likeness (QED) is 0.703. The van der Waals surface area contributed by atoms with Crippen LogP contribution in [0.3, 0.4) is 0 Å². The zero-order chi connectivity index (χ0) is 22.2. The molecule has 3 aliphatic rings. The van der Waals surface area contributed by atoms with Crippen molar-refractivity contribution in [2.45, 2.75) is 58.7 Å². The van der Waals surface area contributed by atoms with Crippen LogP contribution in [0.15, 0.2) is 42.5 Å². The van der Waals surface area contributed by atoms with E-state index in [2.05, 4.69) is 0 Å². The van der Waals surface area contributed by atoms with Crippen LogP contribution in [0.1, 0.15) is 48.6 Å². The molecule has 2 aromatic carbocycles. The molecule has 0 spiro atoms. The second kappa shape index (κ2) is 6.50. The number of fused-ring (bicyclic) bond motifs is 3. The first-order valence-electron chi connectivity index (χ1n) is 10.8. The summed E-state index contributed by atoms with van der Waals surface area (Å²) < 4.78 is 0. The molecular formula is C25H27N3O3. The van der Waals surface area contributed by atoms with Gasteiger partial charge in [0.05, 0.1) is 17.6 Å². The highest BCUT2D eigenvalue weighted by molar-refractivity contribution is 6.25. The molecule has 0 aliphatic carbocycles. The number of carbonyl (C=O) groups excluding carboxylic acids is 3. The van der Waals surface area contributed by atoms with E-state index in [-0.39, 0.29) is 23.8 Å². The summed E-state index contributed by atoms with van der Waals surface area (Å²) >= 11 is 0. The molecule has 160 valence electrons. The number of hydrazine groups is 1. The molecule has 2 aromatic rings. The molecule has 0 unspecified atom stereocenters. The lowest BCUT2D eigenvalue weighted by Gasteiger charge is -2.38. The third-order valence-electron chi connectivity index (χ3n) is 6.96. The number of nitrogens with zero attached hydrogens (tertiary/aromatic N) is 3. The Hall–Kier alpha value is -2.99. The summed E-state index contributed by atoms with van der Waals surface area (Å²) in [7, 11) is 0. The second-order valence-corrected chi connectivity index (χ2v) is 9.65. The molecule has 0 aromatic heterocycles. The molecule has 0 radical (unpaired) electrons. The lowest BCUT2D eigenvalue weighted by molar-refractivity contribution is -0.146. The summed E-state index contributed by atoms with van der Waals surface area (Å²) in [5.74, 6) is -1.26. The van der Waals surface area contributed by atoms with E-state index < -0.39 is 17.5 Å². The van der Waals surface area contributed by atoms with E-state index in [0.717, 1.165) is 22.3 Å². The van der Waals surface area contributed by atoms with Gasteiger partial charge in [-0.15, -0.1) is 0 Å². The average Bonchev–Trinajstić information content (AvgIpc) is 3.26. The van der Waals surface area contributed by atoms with Gasteiger partial charge >= 0.3 is 0 Å². The van der Waals surface area contributed by atoms with E-state index in [1.807, 2.05) is 82.1 Å². The van der Waals surface area contributed by atoms with E-state index in [1.54, 1.807) is 5.01 Å². The van der Waals surface area contributed by atoms with Crippen molar-refractivity contribution in [3.8, 4) is 0 Å². The summed E-state index contributed by atoms with van der Waals surface area (Å²) in [5, 5.41) is 3.58. The number of aryl methyl sites for hydroxylation is 3. The van der Waals surface area contributed by atoms with Gasteiger partial charge in [0.2, 0.25) is 11.8 Å². The third-order valence-corrected chi connectivity index (χ3v) is 6.96. The summed E-state index contributed by atoms with van der Waals surface area (Å²) in [6.07, 6.45) is 0.323. The van der Waals surface area contributed by atoms with Gasteiger partial charge in [-0.25, -0.2) is 9.91 Å². The first-order valence-corrected chi connectivity index (χ1v) is 10.8. The minimum absolute atomic E-state index is 0.0980. The number of para-hydroxylation sites is 1. The molecule has 0 bridgehead atoms. The largest absolute Gasteiger partial charge is 0.274 e. The Morgan fingerprint density at radius 3 is 2.06 bits per heavy atom. The average molecular weight is 418 g/mol. The van der Waals surface area contributed by atoms with Crippen LogP contribution in [0.2, 0.25) is 0 Å². The molecule has 3 saturated heterocycles. The first-order chi connectivity index (χ1) is 14.6. The number of amides is 3. The maximum absolute atomic E-state index is 13.8. The van der Waals surface area contributed by atoms with Crippen LogP contribution in [0, 0.1) is 26.7 Å². The SMILES string of the molecule is Cc1ccc([C@@H]2[C@@H]3C(=O)N(c4c(C)cccc4C)C(=O)[C@@H]3N3C(=O)CC(C)(C)N23)cc1. The highest BCUT2D eigenvalue weighted by Gasteiger charge is 2.68. The van der Waals surface area contributed by atoms with Crippen LogP contribution in [-0.4, -0.2) is 39.3 Å². The molecule has 6 heteroatoms. The van der Waals surface area contributed by atoms with Crippen LogP contribution in [0.25, 0.3) is 0 Å². The van der Waals surface area contributed by atoms with Crippen LogP contribution in [0.4, 0.5) is 5.69 Å². The Morgan fingerprint density at radius 2 is 1.45 bits per heavy atom. The van der Waals surface area contributed by atoms with Crippen LogP contribution in [-0.2, 0) is 14.4 Å². The van der Waals surface area contributed by atoms with Crippen molar-refractivity contribution in [2.24, 2.45) is 5.92 Å². The van der Waals surface area contributed by atoms with Gasteiger partial charge in [0.25, 0.3) is 5.91 Å². The number of benzene rings is 2. The third kappa shape index (κ3) is 2.64. The van der Waals surface area contributed by atoms with E-state index in [4.69, 9.17) is 0 Å². The predicted octanol–water partition coefficient (Wildman–Crippen LogP) is 3.45. The topological polar surface area (TPSA) is 60.9 Å². The van der Waals surface area contributed by atoms with E-state index >= 15 is 0 Å².